The molecular weight excluding hydrogens is 242 g/mol. The van der Waals surface area contributed by atoms with Crippen molar-refractivity contribution in [3.8, 4) is 0 Å². The highest BCUT2D eigenvalue weighted by Crippen LogP contribution is 2.21. The van der Waals surface area contributed by atoms with Crippen molar-refractivity contribution < 1.29 is 5.11 Å². The number of nitrogens with one attached hydrogen (secondary N) is 1. The molecule has 5 heteroatoms. The number of aryl methyl sites for hydroxylation is 1. The van der Waals surface area contributed by atoms with Crippen LogP contribution in [-0.2, 0) is 13.0 Å². The number of aliphatic hydroxyl groups excluding tert-OH is 1. The van der Waals surface area contributed by atoms with E-state index in [0.717, 1.165) is 43.9 Å². The number of likely N-dealkylation sites (tertiary alicyclic amines) is 1. The lowest BCUT2D eigenvalue weighted by Crippen LogP contribution is -2.37. The third kappa shape index (κ3) is 3.88. The Kier molecular flexibility index (Phi) is 4.71. The molecule has 2 heterocycles. The summed E-state index contributed by atoms with van der Waals surface area (Å²) >= 11 is 0. The number of aliphatic hydroxyl groups is 1. The Balaban J connectivity index is 1.95. The summed E-state index contributed by atoms with van der Waals surface area (Å²) in [5.74, 6) is 1.16. The number of hydrogen-bond donors (Lipinski definition) is 2. The first-order valence-electron chi connectivity index (χ1n) is 7.08. The van der Waals surface area contributed by atoms with Gasteiger partial charge in [0.15, 0.2) is 0 Å². The van der Waals surface area contributed by atoms with E-state index in [1.807, 2.05) is 13.8 Å². The quantitative estimate of drug-likeness (QED) is 0.849. The molecule has 5 nitrogen and oxygen atoms in total. The van der Waals surface area contributed by atoms with Crippen LogP contribution in [0.15, 0.2) is 10.9 Å². The van der Waals surface area contributed by atoms with Gasteiger partial charge in [-0.05, 0) is 45.2 Å². The van der Waals surface area contributed by atoms with E-state index in [1.165, 1.54) is 0 Å². The summed E-state index contributed by atoms with van der Waals surface area (Å²) in [6.07, 6.45) is 2.58. The van der Waals surface area contributed by atoms with Crippen molar-refractivity contribution in [3.63, 3.8) is 0 Å². The minimum atomic E-state index is -0.219. The molecule has 0 aliphatic carbocycles. The molecular formula is C14H23N3O2. The maximum absolute atomic E-state index is 11.5. The molecule has 106 valence electrons. The van der Waals surface area contributed by atoms with Crippen molar-refractivity contribution in [2.75, 3.05) is 13.1 Å². The average molecular weight is 265 g/mol. The zero-order chi connectivity index (χ0) is 13.8. The zero-order valence-electron chi connectivity index (χ0n) is 11.7. The number of piperidine rings is 1. The summed E-state index contributed by atoms with van der Waals surface area (Å²) in [5, 5.41) is 9.58. The first-order chi connectivity index (χ1) is 9.08. The highest BCUT2D eigenvalue weighted by molar-refractivity contribution is 5.02. The van der Waals surface area contributed by atoms with E-state index in [4.69, 9.17) is 0 Å². The Morgan fingerprint density at radius 1 is 1.53 bits per heavy atom. The molecule has 0 saturated carbocycles. The van der Waals surface area contributed by atoms with E-state index in [2.05, 4.69) is 14.9 Å². The molecule has 0 radical (unpaired) electrons. The van der Waals surface area contributed by atoms with Crippen LogP contribution in [0.1, 0.15) is 38.2 Å². The molecule has 1 atom stereocenters. The Morgan fingerprint density at radius 2 is 2.21 bits per heavy atom. The smallest absolute Gasteiger partial charge is 0.251 e. The Bertz CT molecular complexity index is 462. The number of nitrogens with zero attached hydrogens (tertiary/aromatic N) is 2. The van der Waals surface area contributed by atoms with Gasteiger partial charge in [-0.3, -0.25) is 9.69 Å². The number of aromatic nitrogens is 2. The standard InChI is InChI=1S/C14H23N3O2/c1-3-12-8-14(19)16-13(15-12)9-17-6-4-11(5-7-17)10(2)18/h8,10-11,18H,3-7,9H2,1-2H3,(H,15,16,19). The lowest BCUT2D eigenvalue weighted by atomic mass is 9.92. The van der Waals surface area contributed by atoms with Gasteiger partial charge in [0.2, 0.25) is 0 Å². The van der Waals surface area contributed by atoms with Crippen molar-refractivity contribution in [1.29, 1.82) is 0 Å². The van der Waals surface area contributed by atoms with E-state index in [1.54, 1.807) is 6.07 Å². The monoisotopic (exact) mass is 265 g/mol. The van der Waals surface area contributed by atoms with Gasteiger partial charge in [-0.1, -0.05) is 6.92 Å². The molecule has 0 amide bonds. The van der Waals surface area contributed by atoms with Gasteiger partial charge in [-0.15, -0.1) is 0 Å². The number of hydrogen-bond acceptors (Lipinski definition) is 4. The molecule has 0 aromatic carbocycles. The molecule has 1 fully saturated rings. The van der Waals surface area contributed by atoms with Crippen LogP contribution in [0.5, 0.6) is 0 Å². The van der Waals surface area contributed by atoms with Gasteiger partial charge < -0.3 is 10.1 Å². The van der Waals surface area contributed by atoms with E-state index in [9.17, 15) is 9.90 Å². The normalized spacial score (nSPS) is 19.5. The molecule has 0 spiro atoms. The van der Waals surface area contributed by atoms with Gasteiger partial charge in [0.05, 0.1) is 12.6 Å². The second-order valence-electron chi connectivity index (χ2n) is 5.39. The summed E-state index contributed by atoms with van der Waals surface area (Å²) < 4.78 is 0. The molecule has 0 bridgehead atoms. The summed E-state index contributed by atoms with van der Waals surface area (Å²) in [4.78, 5) is 21.1. The van der Waals surface area contributed by atoms with E-state index >= 15 is 0 Å². The minimum absolute atomic E-state index is 0.0688. The lowest BCUT2D eigenvalue weighted by molar-refractivity contribution is 0.0686. The Labute approximate surface area is 113 Å². The van der Waals surface area contributed by atoms with Gasteiger partial charge in [-0.25, -0.2) is 4.98 Å². The topological polar surface area (TPSA) is 69.2 Å². The summed E-state index contributed by atoms with van der Waals surface area (Å²) in [6, 6.07) is 1.56. The van der Waals surface area contributed by atoms with Gasteiger partial charge in [0.25, 0.3) is 5.56 Å². The van der Waals surface area contributed by atoms with Crippen molar-refractivity contribution in [2.24, 2.45) is 5.92 Å². The lowest BCUT2D eigenvalue weighted by Gasteiger charge is -2.32. The van der Waals surface area contributed by atoms with Crippen LogP contribution in [0, 0.1) is 5.92 Å². The molecule has 2 N–H and O–H groups in total. The predicted molar refractivity (Wildman–Crippen MR) is 73.9 cm³/mol. The van der Waals surface area contributed by atoms with Crippen LogP contribution in [0.3, 0.4) is 0 Å². The highest BCUT2D eigenvalue weighted by atomic mass is 16.3. The first-order valence-corrected chi connectivity index (χ1v) is 7.08. The number of rotatable bonds is 4. The molecule has 19 heavy (non-hydrogen) atoms. The fourth-order valence-electron chi connectivity index (χ4n) is 2.62. The van der Waals surface area contributed by atoms with Crippen molar-refractivity contribution in [2.45, 2.75) is 45.8 Å². The first kappa shape index (κ1) is 14.2. The van der Waals surface area contributed by atoms with E-state index in [-0.39, 0.29) is 11.7 Å². The van der Waals surface area contributed by atoms with Gasteiger partial charge in [0, 0.05) is 11.8 Å². The van der Waals surface area contributed by atoms with Crippen molar-refractivity contribution in [3.05, 3.63) is 27.9 Å². The molecule has 1 aliphatic heterocycles. The maximum Gasteiger partial charge on any atom is 0.251 e. The maximum atomic E-state index is 11.5. The van der Waals surface area contributed by atoms with Crippen molar-refractivity contribution in [1.82, 2.24) is 14.9 Å². The van der Waals surface area contributed by atoms with Crippen LogP contribution in [-0.4, -0.2) is 39.2 Å². The average Bonchev–Trinajstić information content (AvgIpc) is 2.38. The third-order valence-electron chi connectivity index (χ3n) is 3.89. The molecule has 1 unspecified atom stereocenters. The predicted octanol–water partition coefficient (Wildman–Crippen LogP) is 0.925. The molecule has 1 aromatic heterocycles. The van der Waals surface area contributed by atoms with E-state index in [0.29, 0.717) is 12.5 Å². The summed E-state index contributed by atoms with van der Waals surface area (Å²) in [6.45, 7) is 6.46. The second kappa shape index (κ2) is 6.30. The summed E-state index contributed by atoms with van der Waals surface area (Å²) in [5.41, 5.74) is 0.776. The fourth-order valence-corrected chi connectivity index (χ4v) is 2.62. The van der Waals surface area contributed by atoms with Crippen LogP contribution in [0.25, 0.3) is 0 Å². The minimum Gasteiger partial charge on any atom is -0.393 e. The van der Waals surface area contributed by atoms with Crippen LogP contribution in [0.4, 0.5) is 0 Å². The largest absolute Gasteiger partial charge is 0.393 e. The Hall–Kier alpha value is -1.20. The molecule has 1 saturated heterocycles. The number of aromatic amines is 1. The van der Waals surface area contributed by atoms with Gasteiger partial charge in [0.1, 0.15) is 5.82 Å². The second-order valence-corrected chi connectivity index (χ2v) is 5.39. The zero-order valence-corrected chi connectivity index (χ0v) is 11.7. The van der Waals surface area contributed by atoms with Crippen LogP contribution in [0.2, 0.25) is 0 Å². The Morgan fingerprint density at radius 3 is 2.79 bits per heavy atom. The van der Waals surface area contributed by atoms with Gasteiger partial charge >= 0.3 is 0 Å². The van der Waals surface area contributed by atoms with Crippen LogP contribution >= 0.6 is 0 Å². The third-order valence-corrected chi connectivity index (χ3v) is 3.89. The SMILES string of the molecule is CCc1cc(=O)[nH]c(CN2CCC(C(C)O)CC2)n1. The van der Waals surface area contributed by atoms with Crippen molar-refractivity contribution >= 4 is 0 Å². The molecule has 1 aromatic rings. The molecule has 2 rings (SSSR count). The van der Waals surface area contributed by atoms with Gasteiger partial charge in [-0.2, -0.15) is 0 Å². The molecule has 1 aliphatic rings. The van der Waals surface area contributed by atoms with E-state index < -0.39 is 0 Å². The fraction of sp³-hybridized carbons (Fsp3) is 0.714. The highest BCUT2D eigenvalue weighted by Gasteiger charge is 2.22. The summed E-state index contributed by atoms with van der Waals surface area (Å²) in [7, 11) is 0. The number of H-pyrrole nitrogens is 1. The van der Waals surface area contributed by atoms with Crippen LogP contribution < -0.4 is 5.56 Å².